The topological polar surface area (TPSA) is 60.4 Å². The fraction of sp³-hybridized carbons (Fsp3) is 0.533. The molecule has 1 heterocycles. The third-order valence-corrected chi connectivity index (χ3v) is 5.24. The standard InChI is InChI=1S/C15H16O4/c1-8-10-6-15(9(2)16)5-4-12(17)14(15,3)7-11(10)19-13(8)18/h4-5,10-11H,1,6-7H2,2-3H3. The fourth-order valence-corrected chi connectivity index (χ4v) is 3.89. The Labute approximate surface area is 111 Å². The highest BCUT2D eigenvalue weighted by Gasteiger charge is 2.64. The molecule has 4 heteroatoms. The second kappa shape index (κ2) is 3.44. The van der Waals surface area contributed by atoms with Crippen LogP contribution in [0.4, 0.5) is 0 Å². The molecule has 4 atom stereocenters. The molecule has 4 nitrogen and oxygen atoms in total. The Bertz CT molecular complexity index is 558. The van der Waals surface area contributed by atoms with Crippen LogP contribution >= 0.6 is 0 Å². The van der Waals surface area contributed by atoms with E-state index in [1.807, 2.05) is 6.92 Å². The largest absolute Gasteiger partial charge is 0.458 e. The molecule has 0 radical (unpaired) electrons. The zero-order valence-electron chi connectivity index (χ0n) is 11.1. The molecule has 1 aliphatic heterocycles. The van der Waals surface area contributed by atoms with Gasteiger partial charge in [-0.1, -0.05) is 19.6 Å². The molecular weight excluding hydrogens is 244 g/mol. The number of hydrogen-bond acceptors (Lipinski definition) is 4. The number of rotatable bonds is 1. The third kappa shape index (κ3) is 1.26. The van der Waals surface area contributed by atoms with Crippen molar-refractivity contribution >= 4 is 17.5 Å². The summed E-state index contributed by atoms with van der Waals surface area (Å²) in [5, 5.41) is 0. The summed E-state index contributed by atoms with van der Waals surface area (Å²) in [5.41, 5.74) is -1.16. The van der Waals surface area contributed by atoms with Crippen LogP contribution in [0.15, 0.2) is 24.3 Å². The Balaban J connectivity index is 2.10. The van der Waals surface area contributed by atoms with Gasteiger partial charge in [-0.25, -0.2) is 4.79 Å². The van der Waals surface area contributed by atoms with Crippen molar-refractivity contribution in [2.24, 2.45) is 16.7 Å². The number of esters is 1. The number of carbonyl (C=O) groups is 3. The maximum atomic E-state index is 12.2. The van der Waals surface area contributed by atoms with Gasteiger partial charge in [0.25, 0.3) is 0 Å². The molecule has 0 aromatic rings. The lowest BCUT2D eigenvalue weighted by atomic mass is 9.53. The number of ether oxygens (including phenoxy) is 1. The monoisotopic (exact) mass is 260 g/mol. The summed E-state index contributed by atoms with van der Waals surface area (Å²) >= 11 is 0. The summed E-state index contributed by atoms with van der Waals surface area (Å²) in [5.74, 6) is -0.619. The highest BCUT2D eigenvalue weighted by atomic mass is 16.6. The Hall–Kier alpha value is -1.71. The summed E-state index contributed by atoms with van der Waals surface area (Å²) in [6.07, 6.45) is 3.75. The van der Waals surface area contributed by atoms with Crippen molar-refractivity contribution in [1.82, 2.24) is 0 Å². The van der Waals surface area contributed by atoms with Crippen molar-refractivity contribution in [1.29, 1.82) is 0 Å². The Kier molecular flexibility index (Phi) is 2.23. The first kappa shape index (κ1) is 12.3. The van der Waals surface area contributed by atoms with Gasteiger partial charge in [-0.2, -0.15) is 0 Å². The number of carbonyl (C=O) groups excluding carboxylic acids is 3. The molecule has 3 rings (SSSR count). The number of ketones is 2. The molecular formula is C15H16O4. The molecule has 0 N–H and O–H groups in total. The van der Waals surface area contributed by atoms with E-state index in [1.165, 1.54) is 13.0 Å². The van der Waals surface area contributed by atoms with Gasteiger partial charge in [0.05, 0.1) is 5.41 Å². The molecule has 2 aliphatic carbocycles. The van der Waals surface area contributed by atoms with Gasteiger partial charge < -0.3 is 4.74 Å². The average Bonchev–Trinajstić information content (AvgIpc) is 2.75. The maximum Gasteiger partial charge on any atom is 0.334 e. The van der Waals surface area contributed by atoms with Crippen molar-refractivity contribution in [3.05, 3.63) is 24.3 Å². The molecule has 2 fully saturated rings. The quantitative estimate of drug-likeness (QED) is 0.530. The number of allylic oxidation sites excluding steroid dienone is 2. The van der Waals surface area contributed by atoms with E-state index < -0.39 is 16.8 Å². The smallest absolute Gasteiger partial charge is 0.334 e. The Morgan fingerprint density at radius 1 is 1.42 bits per heavy atom. The second-order valence-electron chi connectivity index (χ2n) is 6.04. The molecule has 19 heavy (non-hydrogen) atoms. The molecule has 0 bridgehead atoms. The average molecular weight is 260 g/mol. The van der Waals surface area contributed by atoms with Crippen LogP contribution in [0.3, 0.4) is 0 Å². The van der Waals surface area contributed by atoms with Crippen molar-refractivity contribution in [2.45, 2.75) is 32.8 Å². The van der Waals surface area contributed by atoms with Gasteiger partial charge in [-0.15, -0.1) is 0 Å². The van der Waals surface area contributed by atoms with Crippen LogP contribution in [0.1, 0.15) is 26.7 Å². The van der Waals surface area contributed by atoms with E-state index in [4.69, 9.17) is 4.74 Å². The van der Waals surface area contributed by atoms with Gasteiger partial charge in [-0.05, 0) is 25.8 Å². The predicted molar refractivity (Wildman–Crippen MR) is 67.1 cm³/mol. The molecule has 0 aromatic heterocycles. The molecule has 0 spiro atoms. The molecule has 100 valence electrons. The first-order chi connectivity index (χ1) is 8.82. The van der Waals surface area contributed by atoms with Crippen molar-refractivity contribution in [3.63, 3.8) is 0 Å². The zero-order chi connectivity index (χ0) is 14.0. The van der Waals surface area contributed by atoms with Crippen molar-refractivity contribution in [2.75, 3.05) is 0 Å². The van der Waals surface area contributed by atoms with Crippen molar-refractivity contribution < 1.29 is 19.1 Å². The lowest BCUT2D eigenvalue weighted by molar-refractivity contribution is -0.153. The fourth-order valence-electron chi connectivity index (χ4n) is 3.89. The van der Waals surface area contributed by atoms with E-state index in [2.05, 4.69) is 6.58 Å². The first-order valence-corrected chi connectivity index (χ1v) is 6.46. The van der Waals surface area contributed by atoms with Crippen LogP contribution in [-0.2, 0) is 19.1 Å². The first-order valence-electron chi connectivity index (χ1n) is 6.46. The minimum Gasteiger partial charge on any atom is -0.458 e. The molecule has 3 aliphatic rings. The SMILES string of the molecule is C=C1C(=O)OC2CC3(C)C(=O)C=CC3(C(C)=O)CC12. The minimum atomic E-state index is -0.803. The molecule has 0 aromatic carbocycles. The van der Waals surface area contributed by atoms with Crippen LogP contribution in [-0.4, -0.2) is 23.6 Å². The van der Waals surface area contributed by atoms with E-state index in [9.17, 15) is 14.4 Å². The normalized spacial score (nSPS) is 44.0. The lowest BCUT2D eigenvalue weighted by Gasteiger charge is -2.47. The Morgan fingerprint density at radius 3 is 2.74 bits per heavy atom. The number of fused-ring (bicyclic) bond motifs is 2. The second-order valence-corrected chi connectivity index (χ2v) is 6.04. The lowest BCUT2D eigenvalue weighted by Crippen LogP contribution is -2.52. The van der Waals surface area contributed by atoms with Crippen LogP contribution in [0.5, 0.6) is 0 Å². The molecule has 1 saturated carbocycles. The Morgan fingerprint density at radius 2 is 2.11 bits per heavy atom. The highest BCUT2D eigenvalue weighted by Crippen LogP contribution is 2.60. The summed E-state index contributed by atoms with van der Waals surface area (Å²) < 4.78 is 5.29. The van der Waals surface area contributed by atoms with Crippen LogP contribution in [0.2, 0.25) is 0 Å². The maximum absolute atomic E-state index is 12.2. The zero-order valence-corrected chi connectivity index (χ0v) is 11.1. The summed E-state index contributed by atoms with van der Waals surface area (Å²) in [4.78, 5) is 36.0. The van der Waals surface area contributed by atoms with Gasteiger partial charge in [0.2, 0.25) is 0 Å². The molecule has 1 saturated heterocycles. The van der Waals surface area contributed by atoms with Gasteiger partial charge in [-0.3, -0.25) is 9.59 Å². The van der Waals surface area contributed by atoms with Crippen molar-refractivity contribution in [3.8, 4) is 0 Å². The van der Waals surface area contributed by atoms with Gasteiger partial charge in [0.1, 0.15) is 11.9 Å². The minimum absolute atomic E-state index is 0.0253. The van der Waals surface area contributed by atoms with E-state index >= 15 is 0 Å². The van der Waals surface area contributed by atoms with Crippen LogP contribution in [0, 0.1) is 16.7 Å². The third-order valence-electron chi connectivity index (χ3n) is 5.24. The van der Waals surface area contributed by atoms with Crippen LogP contribution < -0.4 is 0 Å². The summed E-state index contributed by atoms with van der Waals surface area (Å²) in [6, 6.07) is 0. The van der Waals surface area contributed by atoms with Crippen LogP contribution in [0.25, 0.3) is 0 Å². The predicted octanol–water partition coefficient (Wildman–Crippen LogP) is 1.60. The number of hydrogen-bond donors (Lipinski definition) is 0. The van der Waals surface area contributed by atoms with Gasteiger partial charge in [0.15, 0.2) is 5.78 Å². The van der Waals surface area contributed by atoms with E-state index in [1.54, 1.807) is 6.08 Å². The van der Waals surface area contributed by atoms with E-state index in [0.29, 0.717) is 18.4 Å². The highest BCUT2D eigenvalue weighted by molar-refractivity contribution is 6.06. The molecule has 0 amide bonds. The molecule has 4 unspecified atom stereocenters. The van der Waals surface area contributed by atoms with Gasteiger partial charge >= 0.3 is 5.97 Å². The van der Waals surface area contributed by atoms with E-state index in [0.717, 1.165) is 0 Å². The summed E-state index contributed by atoms with van der Waals surface area (Å²) in [6.45, 7) is 7.09. The summed E-state index contributed by atoms with van der Waals surface area (Å²) in [7, 11) is 0. The number of Topliss-reactive ketones (excluding diaryl/α,β-unsaturated/α-hetero) is 1. The van der Waals surface area contributed by atoms with Gasteiger partial charge in [0, 0.05) is 16.9 Å². The van der Waals surface area contributed by atoms with E-state index in [-0.39, 0.29) is 23.6 Å².